The molecule has 16 nitrogen and oxygen atoms in total. The van der Waals surface area contributed by atoms with Crippen LogP contribution in [0.15, 0.2) is 45.6 Å². The number of hydrogen-bond acceptors (Lipinski definition) is 16. The number of aliphatic hydroxyl groups excluding tert-OH is 7. The number of phenols is 3. The molecule has 5 rings (SSSR count). The third-order valence-electron chi connectivity index (χ3n) is 7.24. The van der Waals surface area contributed by atoms with E-state index in [-0.39, 0.29) is 22.7 Å². The van der Waals surface area contributed by atoms with Crippen LogP contribution < -0.4 is 10.2 Å². The van der Waals surface area contributed by atoms with Crippen LogP contribution in [0.4, 0.5) is 0 Å². The van der Waals surface area contributed by atoms with E-state index in [4.69, 9.17) is 23.4 Å². The number of benzene rings is 2. The van der Waals surface area contributed by atoms with Crippen LogP contribution >= 0.6 is 0 Å². The van der Waals surface area contributed by atoms with Gasteiger partial charge in [0.2, 0.25) is 17.5 Å². The van der Waals surface area contributed by atoms with E-state index in [1.54, 1.807) is 0 Å². The van der Waals surface area contributed by atoms with Crippen LogP contribution in [0.5, 0.6) is 23.0 Å². The van der Waals surface area contributed by atoms with Crippen LogP contribution in [0.3, 0.4) is 0 Å². The predicted octanol–water partition coefficient (Wildman–Crippen LogP) is -2.42. The largest absolute Gasteiger partial charge is 0.508 e. The Kier molecular flexibility index (Phi) is 8.77. The van der Waals surface area contributed by atoms with E-state index in [0.29, 0.717) is 0 Å². The van der Waals surface area contributed by atoms with Crippen LogP contribution in [0.2, 0.25) is 0 Å². The molecule has 234 valence electrons. The molecule has 0 aliphatic carbocycles. The maximum Gasteiger partial charge on any atom is 0.239 e. The molecule has 0 bridgehead atoms. The molecule has 2 saturated heterocycles. The van der Waals surface area contributed by atoms with Gasteiger partial charge in [-0.3, -0.25) is 4.79 Å². The van der Waals surface area contributed by atoms with E-state index in [9.17, 15) is 55.9 Å². The monoisotopic (exact) mass is 610 g/mol. The first-order valence-corrected chi connectivity index (χ1v) is 13.0. The minimum absolute atomic E-state index is 0.116. The van der Waals surface area contributed by atoms with Crippen molar-refractivity contribution in [3.63, 3.8) is 0 Å². The van der Waals surface area contributed by atoms with Gasteiger partial charge >= 0.3 is 0 Å². The van der Waals surface area contributed by atoms with Gasteiger partial charge in [-0.2, -0.15) is 0 Å². The Hall–Kier alpha value is -3.55. The lowest BCUT2D eigenvalue weighted by Gasteiger charge is -2.45. The molecule has 10 atom stereocenters. The molecule has 0 saturated carbocycles. The first-order chi connectivity index (χ1) is 20.4. The number of hydrogen-bond donors (Lipinski definition) is 10. The molecule has 0 spiro atoms. The topological polar surface area (TPSA) is 269 Å². The van der Waals surface area contributed by atoms with Crippen molar-refractivity contribution in [1.82, 2.24) is 0 Å². The lowest BCUT2D eigenvalue weighted by molar-refractivity contribution is -0.352. The molecule has 3 heterocycles. The molecule has 0 unspecified atom stereocenters. The zero-order valence-electron chi connectivity index (χ0n) is 22.1. The van der Waals surface area contributed by atoms with Gasteiger partial charge in [0.15, 0.2) is 12.1 Å². The predicted molar refractivity (Wildman–Crippen MR) is 140 cm³/mol. The van der Waals surface area contributed by atoms with Crippen LogP contribution in [0, 0.1) is 0 Å². The van der Waals surface area contributed by atoms with Gasteiger partial charge in [0, 0.05) is 17.7 Å². The second-order valence-electron chi connectivity index (χ2n) is 10.1. The van der Waals surface area contributed by atoms with E-state index in [1.165, 1.54) is 24.3 Å². The van der Waals surface area contributed by atoms with Crippen molar-refractivity contribution in [1.29, 1.82) is 0 Å². The lowest BCUT2D eigenvalue weighted by atomic mass is 9.97. The fourth-order valence-corrected chi connectivity index (χ4v) is 4.95. The summed E-state index contributed by atoms with van der Waals surface area (Å²) < 4.78 is 27.9. The summed E-state index contributed by atoms with van der Waals surface area (Å²) in [5.74, 6) is -2.07. The second kappa shape index (κ2) is 12.2. The highest BCUT2D eigenvalue weighted by Gasteiger charge is 2.51. The number of rotatable bonds is 7. The lowest BCUT2D eigenvalue weighted by Crippen LogP contribution is -2.65. The molecular formula is C27H30O16. The standard InChI is InChI=1S/C27H30O16/c28-7-14-17(33)19(35)21(37)26(40-14)42-24-15(8-29)41-27(22(38)20(24)36)43-25-18(34)16-12(32)5-11(31)6-13(16)39-23(25)9-1-3-10(30)4-2-9/h1-6,14-15,17,19-22,24,26-33,35-38H,7-8H2/t14-,15+,17-,19+,20+,21-,22-,24+,26-,27-/m1/s1. The van der Waals surface area contributed by atoms with Crippen molar-refractivity contribution in [3.05, 3.63) is 46.6 Å². The van der Waals surface area contributed by atoms with E-state index in [1.807, 2.05) is 0 Å². The molecule has 43 heavy (non-hydrogen) atoms. The second-order valence-corrected chi connectivity index (χ2v) is 10.1. The first kappa shape index (κ1) is 30.9. The molecule has 2 aliphatic rings. The summed E-state index contributed by atoms with van der Waals surface area (Å²) in [7, 11) is 0. The summed E-state index contributed by atoms with van der Waals surface area (Å²) in [6.45, 7) is -1.62. The highest BCUT2D eigenvalue weighted by Crippen LogP contribution is 2.38. The van der Waals surface area contributed by atoms with Crippen LogP contribution in [-0.2, 0) is 14.2 Å². The van der Waals surface area contributed by atoms with Crippen molar-refractivity contribution >= 4 is 11.0 Å². The summed E-state index contributed by atoms with van der Waals surface area (Å²) in [5.41, 5.74) is -1.01. The number of aliphatic hydroxyl groups is 7. The average molecular weight is 611 g/mol. The Bertz CT molecular complexity index is 1490. The van der Waals surface area contributed by atoms with E-state index < -0.39 is 103 Å². The highest BCUT2D eigenvalue weighted by molar-refractivity contribution is 5.88. The van der Waals surface area contributed by atoms with E-state index in [2.05, 4.69) is 0 Å². The van der Waals surface area contributed by atoms with Crippen molar-refractivity contribution in [2.75, 3.05) is 13.2 Å². The smallest absolute Gasteiger partial charge is 0.239 e. The average Bonchev–Trinajstić information content (AvgIpc) is 2.97. The minimum atomic E-state index is -1.99. The van der Waals surface area contributed by atoms with Gasteiger partial charge in [0.1, 0.15) is 77.0 Å². The summed E-state index contributed by atoms with van der Waals surface area (Å²) in [5, 5.41) is 101. The summed E-state index contributed by atoms with van der Waals surface area (Å²) in [6, 6.07) is 7.25. The molecule has 1 aromatic heterocycles. The van der Waals surface area contributed by atoms with Crippen LogP contribution in [0.25, 0.3) is 22.3 Å². The number of phenolic OH excluding ortho intramolecular Hbond substituents is 3. The third kappa shape index (κ3) is 5.73. The van der Waals surface area contributed by atoms with Gasteiger partial charge in [-0.1, -0.05) is 0 Å². The molecule has 3 aromatic rings. The normalized spacial score (nSPS) is 33.0. The van der Waals surface area contributed by atoms with Crippen molar-refractivity contribution < 1.29 is 74.4 Å². The summed E-state index contributed by atoms with van der Waals surface area (Å²) >= 11 is 0. The van der Waals surface area contributed by atoms with Gasteiger partial charge in [0.25, 0.3) is 0 Å². The third-order valence-corrected chi connectivity index (χ3v) is 7.24. The fraction of sp³-hybridized carbons (Fsp3) is 0.444. The Morgan fingerprint density at radius 3 is 2.00 bits per heavy atom. The van der Waals surface area contributed by atoms with Gasteiger partial charge in [0.05, 0.1) is 13.2 Å². The molecule has 2 fully saturated rings. The van der Waals surface area contributed by atoms with E-state index >= 15 is 0 Å². The van der Waals surface area contributed by atoms with Crippen molar-refractivity contribution in [2.45, 2.75) is 61.4 Å². The zero-order chi connectivity index (χ0) is 31.2. The maximum atomic E-state index is 13.6. The molecule has 2 aliphatic heterocycles. The number of ether oxygens (including phenoxy) is 4. The molecule has 2 aromatic carbocycles. The Morgan fingerprint density at radius 2 is 1.35 bits per heavy atom. The Balaban J connectivity index is 1.47. The quantitative estimate of drug-likeness (QED) is 0.133. The van der Waals surface area contributed by atoms with Crippen LogP contribution in [-0.4, -0.2) is 126 Å². The first-order valence-electron chi connectivity index (χ1n) is 13.0. The zero-order valence-corrected chi connectivity index (χ0v) is 22.1. The Morgan fingerprint density at radius 1 is 0.721 bits per heavy atom. The fourth-order valence-electron chi connectivity index (χ4n) is 4.95. The van der Waals surface area contributed by atoms with Gasteiger partial charge in [-0.05, 0) is 24.3 Å². The highest BCUT2D eigenvalue weighted by atomic mass is 16.7. The molecule has 0 radical (unpaired) electrons. The number of fused-ring (bicyclic) bond motifs is 1. The van der Waals surface area contributed by atoms with E-state index in [0.717, 1.165) is 12.1 Å². The maximum absolute atomic E-state index is 13.6. The summed E-state index contributed by atoms with van der Waals surface area (Å²) in [4.78, 5) is 13.6. The molecular weight excluding hydrogens is 580 g/mol. The molecule has 16 heteroatoms. The van der Waals surface area contributed by atoms with Crippen molar-refractivity contribution in [3.8, 4) is 34.3 Å². The Labute approximate surface area is 241 Å². The van der Waals surface area contributed by atoms with Crippen LogP contribution in [0.1, 0.15) is 0 Å². The molecule has 0 amide bonds. The summed E-state index contributed by atoms with van der Waals surface area (Å²) in [6.07, 6.45) is -17.4. The minimum Gasteiger partial charge on any atom is -0.508 e. The number of aromatic hydroxyl groups is 3. The SMILES string of the molecule is O=c1c(O[C@H]2O[C@@H](CO)[C@H](O[C@H]3O[C@H](CO)[C@@H](O)[C@H](O)[C@H]3O)[C@@H](O)[C@H]2O)c(-c2ccc(O)cc2)oc2cc(O)cc(O)c12. The van der Waals surface area contributed by atoms with Gasteiger partial charge in [-0.15, -0.1) is 0 Å². The van der Waals surface area contributed by atoms with Crippen molar-refractivity contribution in [2.24, 2.45) is 0 Å². The van der Waals surface area contributed by atoms with Gasteiger partial charge < -0.3 is 74.4 Å². The van der Waals surface area contributed by atoms with Gasteiger partial charge in [-0.25, -0.2) is 0 Å². The molecule has 10 N–H and O–H groups in total.